The van der Waals surface area contributed by atoms with Crippen LogP contribution in [0.15, 0.2) is 47.6 Å². The Hall–Kier alpha value is -2.67. The van der Waals surface area contributed by atoms with Gasteiger partial charge in [0, 0.05) is 17.9 Å². The first kappa shape index (κ1) is 19.1. The van der Waals surface area contributed by atoms with Crippen molar-refractivity contribution < 1.29 is 14.2 Å². The van der Waals surface area contributed by atoms with E-state index >= 15 is 0 Å². The molecule has 2 aromatic carbocycles. The molecule has 0 aliphatic carbocycles. The second-order valence-corrected chi connectivity index (χ2v) is 6.66. The second kappa shape index (κ2) is 8.81. The molecule has 0 radical (unpaired) electrons. The molecule has 6 nitrogen and oxygen atoms in total. The van der Waals surface area contributed by atoms with E-state index in [2.05, 4.69) is 21.7 Å². The summed E-state index contributed by atoms with van der Waals surface area (Å²) >= 11 is 1.62. The third-order valence-electron chi connectivity index (χ3n) is 4.23. The summed E-state index contributed by atoms with van der Waals surface area (Å²) in [5.41, 5.74) is 1.98. The van der Waals surface area contributed by atoms with E-state index in [9.17, 15) is 0 Å². The number of hydrogen-bond acceptors (Lipinski definition) is 6. The molecule has 0 aliphatic rings. The largest absolute Gasteiger partial charge is 0.497 e. The fourth-order valence-electron chi connectivity index (χ4n) is 2.85. The Bertz CT molecular complexity index is 911. The van der Waals surface area contributed by atoms with Gasteiger partial charge in [0.15, 0.2) is 11.0 Å². The molecule has 0 spiro atoms. The van der Waals surface area contributed by atoms with Gasteiger partial charge in [-0.05, 0) is 37.3 Å². The smallest absolute Gasteiger partial charge is 0.191 e. The van der Waals surface area contributed by atoms with Crippen LogP contribution < -0.4 is 14.2 Å². The Morgan fingerprint density at radius 3 is 2.41 bits per heavy atom. The van der Waals surface area contributed by atoms with Gasteiger partial charge in [0.25, 0.3) is 0 Å². The van der Waals surface area contributed by atoms with Gasteiger partial charge in [-0.2, -0.15) is 0 Å². The molecule has 1 heterocycles. The molecule has 1 aromatic heterocycles. The first-order valence-corrected chi connectivity index (χ1v) is 9.60. The van der Waals surface area contributed by atoms with Gasteiger partial charge in [-0.1, -0.05) is 23.9 Å². The minimum atomic E-state index is 0.699. The van der Waals surface area contributed by atoms with Gasteiger partial charge < -0.3 is 18.8 Å². The lowest BCUT2D eigenvalue weighted by Crippen LogP contribution is -2.01. The Balaban J connectivity index is 1.88. The Labute approximate surface area is 163 Å². The minimum Gasteiger partial charge on any atom is -0.497 e. The van der Waals surface area contributed by atoms with Crippen molar-refractivity contribution in [2.24, 2.45) is 0 Å². The van der Waals surface area contributed by atoms with Crippen LogP contribution in [0.5, 0.6) is 17.2 Å². The van der Waals surface area contributed by atoms with Crippen molar-refractivity contribution in [3.63, 3.8) is 0 Å². The van der Waals surface area contributed by atoms with E-state index in [0.29, 0.717) is 5.75 Å². The monoisotopic (exact) mass is 385 g/mol. The van der Waals surface area contributed by atoms with Crippen LogP contribution >= 0.6 is 11.8 Å². The number of thioether (sulfide) groups is 1. The average Bonchev–Trinajstić information content (AvgIpc) is 3.14. The van der Waals surface area contributed by atoms with Gasteiger partial charge in [-0.3, -0.25) is 0 Å². The molecular weight excluding hydrogens is 362 g/mol. The molecule has 7 heteroatoms. The normalized spacial score (nSPS) is 10.7. The maximum atomic E-state index is 5.48. The lowest BCUT2D eigenvalue weighted by Gasteiger charge is -2.12. The number of ether oxygens (including phenoxy) is 3. The lowest BCUT2D eigenvalue weighted by atomic mass is 10.2. The SMILES string of the molecule is CCn1c(SCc2cc(OC)ccc2OC)nnc1-c1ccccc1OC. The van der Waals surface area contributed by atoms with E-state index in [1.165, 1.54) is 0 Å². The number of aromatic nitrogens is 3. The van der Waals surface area contributed by atoms with Crippen molar-refractivity contribution >= 4 is 11.8 Å². The molecule has 142 valence electrons. The molecule has 0 saturated carbocycles. The standard InChI is InChI=1S/C20H23N3O3S/c1-5-23-19(16-8-6-7-9-18(16)26-4)21-22-20(23)27-13-14-12-15(24-2)10-11-17(14)25-3/h6-12H,5,13H2,1-4H3. The lowest BCUT2D eigenvalue weighted by molar-refractivity contribution is 0.400. The van der Waals surface area contributed by atoms with Crippen LogP contribution in [0.25, 0.3) is 11.4 Å². The summed E-state index contributed by atoms with van der Waals surface area (Å²) in [5, 5.41) is 9.66. The van der Waals surface area contributed by atoms with Crippen LogP contribution in [0.1, 0.15) is 12.5 Å². The zero-order valence-electron chi connectivity index (χ0n) is 15.9. The Morgan fingerprint density at radius 1 is 0.926 bits per heavy atom. The summed E-state index contributed by atoms with van der Waals surface area (Å²) in [6.07, 6.45) is 0. The number of para-hydroxylation sites is 1. The molecule has 3 aromatic rings. The molecule has 0 bridgehead atoms. The highest BCUT2D eigenvalue weighted by molar-refractivity contribution is 7.98. The highest BCUT2D eigenvalue weighted by Crippen LogP contribution is 2.33. The molecule has 0 N–H and O–H groups in total. The molecule has 3 rings (SSSR count). The van der Waals surface area contributed by atoms with Gasteiger partial charge in [0.1, 0.15) is 17.2 Å². The van der Waals surface area contributed by atoms with Gasteiger partial charge in [0.2, 0.25) is 0 Å². The molecule has 0 amide bonds. The van der Waals surface area contributed by atoms with Crippen LogP contribution in [-0.4, -0.2) is 36.1 Å². The van der Waals surface area contributed by atoms with E-state index in [4.69, 9.17) is 14.2 Å². The molecule has 0 fully saturated rings. The molecule has 0 atom stereocenters. The van der Waals surface area contributed by atoms with Crippen molar-refractivity contribution in [2.45, 2.75) is 24.4 Å². The zero-order chi connectivity index (χ0) is 19.2. The summed E-state index contributed by atoms with van der Waals surface area (Å²) in [4.78, 5) is 0. The quantitative estimate of drug-likeness (QED) is 0.539. The number of benzene rings is 2. The number of hydrogen-bond donors (Lipinski definition) is 0. The minimum absolute atomic E-state index is 0.699. The van der Waals surface area contributed by atoms with Gasteiger partial charge in [-0.25, -0.2) is 0 Å². The van der Waals surface area contributed by atoms with Crippen molar-refractivity contribution in [1.29, 1.82) is 0 Å². The van der Waals surface area contributed by atoms with Crippen molar-refractivity contribution in [1.82, 2.24) is 14.8 Å². The predicted octanol–water partition coefficient (Wildman–Crippen LogP) is 4.28. The van der Waals surface area contributed by atoms with E-state index in [-0.39, 0.29) is 0 Å². The van der Waals surface area contributed by atoms with Gasteiger partial charge in [-0.15, -0.1) is 10.2 Å². The van der Waals surface area contributed by atoms with Crippen LogP contribution in [0.2, 0.25) is 0 Å². The summed E-state index contributed by atoms with van der Waals surface area (Å²) in [7, 11) is 4.99. The van der Waals surface area contributed by atoms with Crippen LogP contribution in [-0.2, 0) is 12.3 Å². The van der Waals surface area contributed by atoms with Crippen LogP contribution in [0, 0.1) is 0 Å². The Kier molecular flexibility index (Phi) is 6.24. The van der Waals surface area contributed by atoms with Crippen molar-refractivity contribution in [3.05, 3.63) is 48.0 Å². The summed E-state index contributed by atoms with van der Waals surface area (Å²) in [6, 6.07) is 13.6. The highest BCUT2D eigenvalue weighted by atomic mass is 32.2. The topological polar surface area (TPSA) is 58.4 Å². The van der Waals surface area contributed by atoms with Crippen LogP contribution in [0.4, 0.5) is 0 Å². The van der Waals surface area contributed by atoms with Crippen molar-refractivity contribution in [2.75, 3.05) is 21.3 Å². The second-order valence-electron chi connectivity index (χ2n) is 5.72. The summed E-state index contributed by atoms with van der Waals surface area (Å²) < 4.78 is 18.4. The zero-order valence-corrected chi connectivity index (χ0v) is 16.7. The molecule has 0 unspecified atom stereocenters. The van der Waals surface area contributed by atoms with E-state index in [1.54, 1.807) is 33.1 Å². The third kappa shape index (κ3) is 4.03. The first-order valence-electron chi connectivity index (χ1n) is 8.62. The molecule has 0 saturated heterocycles. The first-order chi connectivity index (χ1) is 13.2. The van der Waals surface area contributed by atoms with E-state index in [0.717, 1.165) is 45.9 Å². The molecular formula is C20H23N3O3S. The van der Waals surface area contributed by atoms with Crippen molar-refractivity contribution in [3.8, 4) is 28.6 Å². The fourth-order valence-corrected chi connectivity index (χ4v) is 3.83. The highest BCUT2D eigenvalue weighted by Gasteiger charge is 2.17. The molecule has 27 heavy (non-hydrogen) atoms. The average molecular weight is 385 g/mol. The van der Waals surface area contributed by atoms with Crippen LogP contribution in [0.3, 0.4) is 0 Å². The number of methoxy groups -OCH3 is 3. The number of nitrogens with zero attached hydrogens (tertiary/aromatic N) is 3. The molecule has 0 aliphatic heterocycles. The van der Waals surface area contributed by atoms with Gasteiger partial charge in [0.05, 0.1) is 26.9 Å². The third-order valence-corrected chi connectivity index (χ3v) is 5.24. The summed E-state index contributed by atoms with van der Waals surface area (Å²) in [6.45, 7) is 2.84. The summed E-state index contributed by atoms with van der Waals surface area (Å²) in [5.74, 6) is 3.92. The predicted molar refractivity (Wildman–Crippen MR) is 107 cm³/mol. The Morgan fingerprint density at radius 2 is 1.70 bits per heavy atom. The maximum Gasteiger partial charge on any atom is 0.191 e. The maximum absolute atomic E-state index is 5.48. The van der Waals surface area contributed by atoms with E-state index in [1.807, 2.05) is 42.5 Å². The van der Waals surface area contributed by atoms with Gasteiger partial charge >= 0.3 is 0 Å². The number of rotatable bonds is 8. The van der Waals surface area contributed by atoms with E-state index < -0.39 is 0 Å². The fraction of sp³-hybridized carbons (Fsp3) is 0.300.